The molecule has 3 heteroatoms. The summed E-state index contributed by atoms with van der Waals surface area (Å²) in [5, 5.41) is 0. The van der Waals surface area contributed by atoms with E-state index < -0.39 is 0 Å². The van der Waals surface area contributed by atoms with Crippen LogP contribution in [0.1, 0.15) is 73.0 Å². The minimum atomic E-state index is -0.152. The number of thioether (sulfide) groups is 1. The molecule has 0 aromatic heterocycles. The molecule has 0 amide bonds. The van der Waals surface area contributed by atoms with Crippen LogP contribution < -0.4 is 0 Å². The van der Waals surface area contributed by atoms with E-state index in [9.17, 15) is 4.79 Å². The molecule has 0 bridgehead atoms. The van der Waals surface area contributed by atoms with Gasteiger partial charge >= 0.3 is 5.97 Å². The van der Waals surface area contributed by atoms with E-state index in [1.807, 2.05) is 18.7 Å². The minimum Gasteiger partial charge on any atom is -0.462 e. The molecule has 0 radical (unpaired) electrons. The lowest BCUT2D eigenvalue weighted by molar-refractivity contribution is 0.0525. The first-order valence-electron chi connectivity index (χ1n) is 8.65. The fourth-order valence-electron chi connectivity index (χ4n) is 2.96. The van der Waals surface area contributed by atoms with Crippen LogP contribution in [0.25, 0.3) is 0 Å². The van der Waals surface area contributed by atoms with Crippen molar-refractivity contribution in [2.45, 2.75) is 64.5 Å². The summed E-state index contributed by atoms with van der Waals surface area (Å²) in [5.41, 5.74) is 4.78. The lowest BCUT2D eigenvalue weighted by atomic mass is 9.96. The Labute approximate surface area is 139 Å². The lowest BCUT2D eigenvalue weighted by Gasteiger charge is -2.14. The summed E-state index contributed by atoms with van der Waals surface area (Å²) in [6.45, 7) is 4.53. The van der Waals surface area contributed by atoms with Gasteiger partial charge in [-0.25, -0.2) is 4.79 Å². The van der Waals surface area contributed by atoms with Gasteiger partial charge in [0.05, 0.1) is 12.2 Å². The molecule has 0 fully saturated rings. The fraction of sp³-hybridized carbons (Fsp3) is 0.632. The highest BCUT2D eigenvalue weighted by Gasteiger charge is 2.17. The number of rotatable bonds is 7. The standard InChI is InChI=1S/C19H28O2S/c1-3-5-11-22-14-17-12-15-9-7-6-8-10-16(15)13-18(17)19(20)21-4-2/h12-13H,3-11,14H2,1-2H3. The summed E-state index contributed by atoms with van der Waals surface area (Å²) >= 11 is 1.93. The number of fused-ring (bicyclic) bond motifs is 1. The smallest absolute Gasteiger partial charge is 0.338 e. The molecular formula is C19H28O2S. The molecule has 1 aromatic carbocycles. The Hall–Kier alpha value is -0.960. The highest BCUT2D eigenvalue weighted by Crippen LogP contribution is 2.27. The molecule has 0 atom stereocenters. The van der Waals surface area contributed by atoms with Crippen molar-refractivity contribution in [3.63, 3.8) is 0 Å². The average molecular weight is 320 g/mol. The first-order valence-corrected chi connectivity index (χ1v) is 9.81. The largest absolute Gasteiger partial charge is 0.462 e. The molecule has 0 heterocycles. The van der Waals surface area contributed by atoms with Gasteiger partial charge in [0, 0.05) is 5.75 Å². The summed E-state index contributed by atoms with van der Waals surface area (Å²) in [6.07, 6.45) is 8.53. The third-order valence-electron chi connectivity index (χ3n) is 4.21. The van der Waals surface area contributed by atoms with E-state index >= 15 is 0 Å². The zero-order valence-corrected chi connectivity index (χ0v) is 14.8. The van der Waals surface area contributed by atoms with E-state index in [1.54, 1.807) is 0 Å². The number of carbonyl (C=O) groups excluding carboxylic acids is 1. The van der Waals surface area contributed by atoms with Crippen molar-refractivity contribution in [1.82, 2.24) is 0 Å². The number of ether oxygens (including phenoxy) is 1. The Kier molecular flexibility index (Phi) is 7.31. The van der Waals surface area contributed by atoms with Gasteiger partial charge in [0.25, 0.3) is 0 Å². The maximum Gasteiger partial charge on any atom is 0.338 e. The zero-order valence-electron chi connectivity index (χ0n) is 14.0. The highest BCUT2D eigenvalue weighted by molar-refractivity contribution is 7.98. The topological polar surface area (TPSA) is 26.3 Å². The Bertz CT molecular complexity index is 496. The molecule has 0 saturated carbocycles. The van der Waals surface area contributed by atoms with Crippen LogP contribution in [-0.2, 0) is 23.3 Å². The molecule has 0 unspecified atom stereocenters. The molecular weight excluding hydrogens is 292 g/mol. The quantitative estimate of drug-likeness (QED) is 0.394. The fourth-order valence-corrected chi connectivity index (χ4v) is 4.06. The Morgan fingerprint density at radius 1 is 1.14 bits per heavy atom. The van der Waals surface area contributed by atoms with Crippen LogP contribution in [0, 0.1) is 0 Å². The molecule has 2 nitrogen and oxygen atoms in total. The van der Waals surface area contributed by atoms with Gasteiger partial charge in [-0.2, -0.15) is 11.8 Å². The monoisotopic (exact) mass is 320 g/mol. The van der Waals surface area contributed by atoms with E-state index in [4.69, 9.17) is 4.74 Å². The molecule has 0 saturated heterocycles. The minimum absolute atomic E-state index is 0.152. The van der Waals surface area contributed by atoms with Gasteiger partial charge < -0.3 is 4.74 Å². The number of aryl methyl sites for hydroxylation is 2. The first kappa shape index (κ1) is 17.4. The SMILES string of the molecule is CCCCSCc1cc2c(cc1C(=O)OCC)CCCCC2. The molecule has 22 heavy (non-hydrogen) atoms. The van der Waals surface area contributed by atoms with Gasteiger partial charge in [0.15, 0.2) is 0 Å². The number of carbonyl (C=O) groups is 1. The molecule has 2 rings (SSSR count). The highest BCUT2D eigenvalue weighted by atomic mass is 32.2. The van der Waals surface area contributed by atoms with Crippen molar-refractivity contribution in [3.8, 4) is 0 Å². The second-order valence-electron chi connectivity index (χ2n) is 5.97. The maximum absolute atomic E-state index is 12.3. The summed E-state index contributed by atoms with van der Waals surface area (Å²) in [5.74, 6) is 1.93. The van der Waals surface area contributed by atoms with Crippen molar-refractivity contribution >= 4 is 17.7 Å². The van der Waals surface area contributed by atoms with Gasteiger partial charge in [-0.15, -0.1) is 0 Å². The zero-order chi connectivity index (χ0) is 15.8. The van der Waals surface area contributed by atoms with Crippen LogP contribution in [0.4, 0.5) is 0 Å². The molecule has 0 aliphatic heterocycles. The van der Waals surface area contributed by atoms with Crippen molar-refractivity contribution in [3.05, 3.63) is 34.4 Å². The average Bonchev–Trinajstić information content (AvgIpc) is 2.75. The summed E-state index contributed by atoms with van der Waals surface area (Å²) in [4.78, 5) is 12.3. The van der Waals surface area contributed by atoms with Crippen LogP contribution in [-0.4, -0.2) is 18.3 Å². The van der Waals surface area contributed by atoms with Gasteiger partial charge in [-0.3, -0.25) is 0 Å². The third-order valence-corrected chi connectivity index (χ3v) is 5.31. The number of benzene rings is 1. The summed E-state index contributed by atoms with van der Waals surface area (Å²) in [6, 6.07) is 4.40. The predicted molar refractivity (Wildman–Crippen MR) is 94.7 cm³/mol. The molecule has 1 aliphatic carbocycles. The lowest BCUT2D eigenvalue weighted by Crippen LogP contribution is -2.10. The molecule has 0 spiro atoms. The normalized spacial score (nSPS) is 14.3. The van der Waals surface area contributed by atoms with Crippen LogP contribution in [0.15, 0.2) is 12.1 Å². The van der Waals surface area contributed by atoms with Gasteiger partial charge in [-0.05, 0) is 67.5 Å². The summed E-state index contributed by atoms with van der Waals surface area (Å²) < 4.78 is 5.27. The van der Waals surface area contributed by atoms with Gasteiger partial charge in [0.1, 0.15) is 0 Å². The van der Waals surface area contributed by atoms with E-state index in [0.717, 1.165) is 29.9 Å². The Morgan fingerprint density at radius 3 is 2.55 bits per heavy atom. The van der Waals surface area contributed by atoms with Crippen molar-refractivity contribution in [1.29, 1.82) is 0 Å². The van der Waals surface area contributed by atoms with Crippen LogP contribution in [0.5, 0.6) is 0 Å². The number of esters is 1. The van der Waals surface area contributed by atoms with Crippen LogP contribution in [0.3, 0.4) is 0 Å². The van der Waals surface area contributed by atoms with Gasteiger partial charge in [0.2, 0.25) is 0 Å². The third kappa shape index (κ3) is 4.77. The number of hydrogen-bond donors (Lipinski definition) is 0. The molecule has 0 N–H and O–H groups in total. The van der Waals surface area contributed by atoms with Crippen molar-refractivity contribution < 1.29 is 9.53 Å². The van der Waals surface area contributed by atoms with Crippen molar-refractivity contribution in [2.75, 3.05) is 12.4 Å². The van der Waals surface area contributed by atoms with Gasteiger partial charge in [-0.1, -0.05) is 25.8 Å². The Morgan fingerprint density at radius 2 is 1.86 bits per heavy atom. The second-order valence-corrected chi connectivity index (χ2v) is 7.07. The molecule has 122 valence electrons. The van der Waals surface area contributed by atoms with E-state index in [0.29, 0.717) is 6.61 Å². The Balaban J connectivity index is 2.22. The summed E-state index contributed by atoms with van der Waals surface area (Å²) in [7, 11) is 0. The number of hydrogen-bond acceptors (Lipinski definition) is 3. The maximum atomic E-state index is 12.3. The van der Waals surface area contributed by atoms with Crippen molar-refractivity contribution in [2.24, 2.45) is 0 Å². The van der Waals surface area contributed by atoms with Crippen LogP contribution >= 0.6 is 11.8 Å². The molecule has 1 aliphatic rings. The predicted octanol–water partition coefficient (Wildman–Crippen LogP) is 5.17. The van der Waals surface area contributed by atoms with E-state index in [1.165, 1.54) is 48.8 Å². The number of unbranched alkanes of at least 4 members (excludes halogenated alkanes) is 1. The first-order chi connectivity index (χ1) is 10.8. The van der Waals surface area contributed by atoms with E-state index in [-0.39, 0.29) is 5.97 Å². The second kappa shape index (κ2) is 9.24. The molecule has 1 aromatic rings. The van der Waals surface area contributed by atoms with E-state index in [2.05, 4.69) is 19.1 Å². The van der Waals surface area contributed by atoms with Crippen LogP contribution in [0.2, 0.25) is 0 Å².